The first-order valence-electron chi connectivity index (χ1n) is 6.67. The van der Waals surface area contributed by atoms with Crippen LogP contribution < -0.4 is 0 Å². The molecule has 0 unspecified atom stereocenters. The number of carbonyl (C=O) groups excluding carboxylic acids is 2. The predicted molar refractivity (Wildman–Crippen MR) is 79.3 cm³/mol. The van der Waals surface area contributed by atoms with Gasteiger partial charge in [0.05, 0.1) is 0 Å². The van der Waals surface area contributed by atoms with Gasteiger partial charge in [-0.25, -0.2) is 4.79 Å². The number of nitrogens with zero attached hydrogens (tertiary/aromatic N) is 1. The molecule has 0 amide bonds. The number of Topliss-reactive ketones (excluding diaryl/α,β-unsaturated/α-hetero) is 1. The highest BCUT2D eigenvalue weighted by atomic mass is 16.7. The van der Waals surface area contributed by atoms with Crippen LogP contribution in [0.25, 0.3) is 0 Å². The lowest BCUT2D eigenvalue weighted by Gasteiger charge is -2.30. The van der Waals surface area contributed by atoms with Crippen molar-refractivity contribution in [1.29, 1.82) is 0 Å². The van der Waals surface area contributed by atoms with Gasteiger partial charge in [-0.2, -0.15) is 0 Å². The van der Waals surface area contributed by atoms with E-state index in [4.69, 9.17) is 0 Å². The van der Waals surface area contributed by atoms with Crippen LogP contribution in [0.2, 0.25) is 0 Å². The van der Waals surface area contributed by atoms with Crippen LogP contribution in [0.1, 0.15) is 48.5 Å². The summed E-state index contributed by atoms with van der Waals surface area (Å²) in [6.45, 7) is 13.2. The summed E-state index contributed by atoms with van der Waals surface area (Å²) >= 11 is 0. The predicted octanol–water partition coefficient (Wildman–Crippen LogP) is 3.43. The number of hydrogen-bond acceptors (Lipinski definition) is 4. The fraction of sp³-hybridized carbons (Fsp3) is 0.562. The third-order valence-electron chi connectivity index (χ3n) is 2.97. The molecule has 0 aromatic rings. The smallest absolute Gasteiger partial charge is 0.318 e. The van der Waals surface area contributed by atoms with Gasteiger partial charge in [0, 0.05) is 18.1 Å². The Hall–Kier alpha value is -1.71. The Kier molecular flexibility index (Phi) is 4.37. The molecular weight excluding hydrogens is 254 g/mol. The zero-order valence-corrected chi connectivity index (χ0v) is 13.3. The van der Waals surface area contributed by atoms with E-state index in [-0.39, 0.29) is 16.6 Å². The lowest BCUT2D eigenvalue weighted by Crippen LogP contribution is -2.29. The zero-order valence-electron chi connectivity index (χ0n) is 13.3. The normalized spacial score (nSPS) is 16.6. The Morgan fingerprint density at radius 3 is 1.70 bits per heavy atom. The van der Waals surface area contributed by atoms with E-state index in [1.807, 2.05) is 41.5 Å². The molecule has 0 spiro atoms. The monoisotopic (exact) mass is 277 g/mol. The lowest BCUT2D eigenvalue weighted by molar-refractivity contribution is -0.140. The Balaban J connectivity index is 3.33. The highest BCUT2D eigenvalue weighted by Crippen LogP contribution is 2.36. The molecule has 0 fully saturated rings. The number of carbonyl (C=O) groups is 2. The molecule has 4 heteroatoms. The fourth-order valence-electron chi connectivity index (χ4n) is 1.90. The van der Waals surface area contributed by atoms with Gasteiger partial charge >= 0.3 is 5.97 Å². The standard InChI is InChI=1S/C16H23NO3/c1-10(18)20-17-11-8-12(15(2,3)4)14(19)13(9-11)16(5,6)7/h8-9H,1-7H3. The fourth-order valence-corrected chi connectivity index (χ4v) is 1.90. The maximum absolute atomic E-state index is 12.6. The highest BCUT2D eigenvalue weighted by Gasteiger charge is 2.34. The van der Waals surface area contributed by atoms with Crippen molar-refractivity contribution in [2.75, 3.05) is 0 Å². The zero-order chi connectivity index (χ0) is 15.7. The molecule has 0 bridgehead atoms. The van der Waals surface area contributed by atoms with Crippen LogP contribution in [-0.2, 0) is 14.4 Å². The number of oxime groups is 1. The van der Waals surface area contributed by atoms with Crippen LogP contribution in [0.5, 0.6) is 0 Å². The van der Waals surface area contributed by atoms with Crippen molar-refractivity contribution in [3.63, 3.8) is 0 Å². The molecule has 0 atom stereocenters. The SMILES string of the molecule is CC(=O)ON=C1C=C(C(C)(C)C)C(=O)C(C(C)(C)C)=C1. The number of rotatable bonds is 1. The molecule has 1 rings (SSSR count). The molecule has 0 N–H and O–H groups in total. The molecule has 1 aliphatic carbocycles. The van der Waals surface area contributed by atoms with Gasteiger partial charge < -0.3 is 4.84 Å². The van der Waals surface area contributed by atoms with Crippen LogP contribution in [0.3, 0.4) is 0 Å². The van der Waals surface area contributed by atoms with E-state index in [1.165, 1.54) is 6.92 Å². The Labute approximate surface area is 120 Å². The van der Waals surface area contributed by atoms with Gasteiger partial charge in [-0.1, -0.05) is 46.7 Å². The van der Waals surface area contributed by atoms with E-state index in [1.54, 1.807) is 12.2 Å². The topological polar surface area (TPSA) is 55.7 Å². The van der Waals surface area contributed by atoms with Crippen LogP contribution in [0.4, 0.5) is 0 Å². The Bertz CT molecular complexity index is 487. The molecule has 0 saturated heterocycles. The van der Waals surface area contributed by atoms with Crippen LogP contribution in [0.15, 0.2) is 28.5 Å². The van der Waals surface area contributed by atoms with Gasteiger partial charge in [0.2, 0.25) is 0 Å². The van der Waals surface area contributed by atoms with Crippen LogP contribution in [0, 0.1) is 10.8 Å². The van der Waals surface area contributed by atoms with Gasteiger partial charge in [-0.3, -0.25) is 4.79 Å². The molecule has 0 aromatic carbocycles. The number of hydrogen-bond donors (Lipinski definition) is 0. The maximum Gasteiger partial charge on any atom is 0.331 e. The molecule has 0 saturated carbocycles. The van der Waals surface area contributed by atoms with E-state index in [0.717, 1.165) is 0 Å². The van der Waals surface area contributed by atoms with Crippen LogP contribution >= 0.6 is 0 Å². The van der Waals surface area contributed by atoms with E-state index in [2.05, 4.69) is 9.99 Å². The van der Waals surface area contributed by atoms with Gasteiger partial charge in [0.15, 0.2) is 5.78 Å². The quantitative estimate of drug-likeness (QED) is 0.419. The highest BCUT2D eigenvalue weighted by molar-refractivity contribution is 6.22. The summed E-state index contributed by atoms with van der Waals surface area (Å²) in [4.78, 5) is 28.2. The van der Waals surface area contributed by atoms with Crippen molar-refractivity contribution in [1.82, 2.24) is 0 Å². The molecule has 0 aromatic heterocycles. The van der Waals surface area contributed by atoms with Crippen molar-refractivity contribution in [2.24, 2.45) is 16.0 Å². The Morgan fingerprint density at radius 2 is 1.40 bits per heavy atom. The minimum Gasteiger partial charge on any atom is -0.318 e. The van der Waals surface area contributed by atoms with E-state index in [9.17, 15) is 9.59 Å². The van der Waals surface area contributed by atoms with Gasteiger partial charge in [-0.05, 0) is 23.0 Å². The average molecular weight is 277 g/mol. The average Bonchev–Trinajstić information content (AvgIpc) is 2.24. The van der Waals surface area contributed by atoms with E-state index < -0.39 is 5.97 Å². The molecule has 1 aliphatic rings. The van der Waals surface area contributed by atoms with Gasteiger partial charge in [-0.15, -0.1) is 0 Å². The first-order chi connectivity index (χ1) is 8.93. The van der Waals surface area contributed by atoms with Crippen molar-refractivity contribution < 1.29 is 14.4 Å². The minimum atomic E-state index is -0.481. The maximum atomic E-state index is 12.6. The second kappa shape index (κ2) is 5.35. The summed E-state index contributed by atoms with van der Waals surface area (Å²) in [6, 6.07) is 0. The number of allylic oxidation sites excluding steroid dienone is 4. The summed E-state index contributed by atoms with van der Waals surface area (Å²) in [7, 11) is 0. The second-order valence-electron chi connectivity index (χ2n) is 7.04. The third-order valence-corrected chi connectivity index (χ3v) is 2.97. The van der Waals surface area contributed by atoms with E-state index in [0.29, 0.717) is 16.9 Å². The molecule has 4 nitrogen and oxygen atoms in total. The summed E-state index contributed by atoms with van der Waals surface area (Å²) in [5, 5.41) is 3.81. The van der Waals surface area contributed by atoms with Crippen molar-refractivity contribution in [3.8, 4) is 0 Å². The summed E-state index contributed by atoms with van der Waals surface area (Å²) in [6.07, 6.45) is 3.39. The van der Waals surface area contributed by atoms with Crippen molar-refractivity contribution in [3.05, 3.63) is 23.3 Å². The van der Waals surface area contributed by atoms with Crippen molar-refractivity contribution in [2.45, 2.75) is 48.5 Å². The van der Waals surface area contributed by atoms with Crippen LogP contribution in [-0.4, -0.2) is 17.5 Å². The molecule has 110 valence electrons. The number of ketones is 1. The lowest BCUT2D eigenvalue weighted by atomic mass is 9.72. The summed E-state index contributed by atoms with van der Waals surface area (Å²) < 4.78 is 0. The van der Waals surface area contributed by atoms with Gasteiger partial charge in [0.25, 0.3) is 0 Å². The second-order valence-corrected chi connectivity index (χ2v) is 7.04. The molecule has 0 aliphatic heterocycles. The molecule has 20 heavy (non-hydrogen) atoms. The molecular formula is C16H23NO3. The first kappa shape index (κ1) is 16.3. The minimum absolute atomic E-state index is 0.0341. The summed E-state index contributed by atoms with van der Waals surface area (Å²) in [5.74, 6) is -0.447. The van der Waals surface area contributed by atoms with Gasteiger partial charge in [0.1, 0.15) is 5.71 Å². The summed E-state index contributed by atoms with van der Waals surface area (Å²) in [5.41, 5.74) is 1.26. The van der Waals surface area contributed by atoms with E-state index >= 15 is 0 Å². The first-order valence-corrected chi connectivity index (χ1v) is 6.67. The third kappa shape index (κ3) is 3.89. The largest absolute Gasteiger partial charge is 0.331 e. The van der Waals surface area contributed by atoms with Crippen molar-refractivity contribution >= 4 is 17.5 Å². The molecule has 0 heterocycles. The molecule has 0 radical (unpaired) electrons. The Morgan fingerprint density at radius 1 is 1.00 bits per heavy atom.